The highest BCUT2D eigenvalue weighted by Gasteiger charge is 2.40. The third-order valence-corrected chi connectivity index (χ3v) is 11.0. The first-order valence-corrected chi connectivity index (χ1v) is 18.6. The Labute approximate surface area is 362 Å². The molecule has 68 heavy (non-hydrogen) atoms. The molecule has 6 aromatic rings. The highest BCUT2D eigenvalue weighted by molar-refractivity contribution is 6.31. The third-order valence-electron chi connectivity index (χ3n) is 11.0. The van der Waals surface area contributed by atoms with Gasteiger partial charge in [0.05, 0.1) is 45.8 Å². The molecule has 8 bridgehead atoms. The molecule has 2 unspecified atom stereocenters. The SMILES string of the molecule is Fc1c(F)c(F)c(/C2=C3\C=CC(=N3)/C(c3c(F)c(F)c(F)c(F)c3F)=c3/cc/c([nH]3)=C(\c3c(F)c(F)c(F)c(F)c3F)C3=NC(C=C3)C(c3c(F)c(F)c(F)c(F)c3F)c3ccc2[nH]3)c(F)c1F. The lowest BCUT2D eigenvalue weighted by molar-refractivity contribution is 0.364. The minimum atomic E-state index is -2.71. The molecule has 0 fully saturated rings. The summed E-state index contributed by atoms with van der Waals surface area (Å²) in [7, 11) is 0. The van der Waals surface area contributed by atoms with Crippen LogP contribution in [-0.2, 0) is 0 Å². The van der Waals surface area contributed by atoms with Crippen LogP contribution in [0.4, 0.5) is 87.8 Å². The summed E-state index contributed by atoms with van der Waals surface area (Å²) in [6, 6.07) is 0.493. The van der Waals surface area contributed by atoms with Crippen LogP contribution in [0.5, 0.6) is 0 Å². The Morgan fingerprint density at radius 1 is 0.353 bits per heavy atom. The normalized spacial score (nSPS) is 19.4. The molecule has 0 saturated carbocycles. The van der Waals surface area contributed by atoms with Crippen LogP contribution < -0.4 is 10.7 Å². The van der Waals surface area contributed by atoms with Crippen LogP contribution in [0.15, 0.2) is 64.3 Å². The smallest absolute Gasteiger partial charge is 0.200 e. The van der Waals surface area contributed by atoms with Crippen molar-refractivity contribution in [3.63, 3.8) is 0 Å². The molecule has 3 aliphatic heterocycles. The predicted octanol–water partition coefficient (Wildman–Crippen LogP) is 10.5. The van der Waals surface area contributed by atoms with E-state index in [1.165, 1.54) is 0 Å². The molecule has 4 nitrogen and oxygen atoms in total. The van der Waals surface area contributed by atoms with Gasteiger partial charge < -0.3 is 9.97 Å². The zero-order chi connectivity index (χ0) is 49.3. The molecular formula is C44H12F20N4. The van der Waals surface area contributed by atoms with Gasteiger partial charge in [0.25, 0.3) is 0 Å². The van der Waals surface area contributed by atoms with Crippen molar-refractivity contribution < 1.29 is 87.8 Å². The van der Waals surface area contributed by atoms with E-state index in [2.05, 4.69) is 20.0 Å². The molecule has 24 heteroatoms. The molecule has 0 radical (unpaired) electrons. The first-order chi connectivity index (χ1) is 32.1. The lowest BCUT2D eigenvalue weighted by Gasteiger charge is -2.22. The van der Waals surface area contributed by atoms with Crippen molar-refractivity contribution in [2.75, 3.05) is 0 Å². The van der Waals surface area contributed by atoms with E-state index in [1.807, 2.05) is 0 Å². The Hall–Kier alpha value is -7.66. The molecule has 3 aliphatic rings. The molecule has 0 spiro atoms. The van der Waals surface area contributed by atoms with Crippen molar-refractivity contribution in [1.29, 1.82) is 0 Å². The molecule has 2 N–H and O–H groups in total. The van der Waals surface area contributed by atoms with Crippen LogP contribution in [0.3, 0.4) is 0 Å². The number of aromatic amines is 2. The summed E-state index contributed by atoms with van der Waals surface area (Å²) in [5.74, 6) is -54.7. The number of nitrogens with zero attached hydrogens (tertiary/aromatic N) is 2. The number of benzene rings is 4. The van der Waals surface area contributed by atoms with E-state index in [0.29, 0.717) is 42.5 Å². The Bertz CT molecular complexity index is 3480. The van der Waals surface area contributed by atoms with Crippen molar-refractivity contribution in [2.45, 2.75) is 12.0 Å². The molecule has 4 aromatic carbocycles. The first kappa shape index (κ1) is 45.5. The topological polar surface area (TPSA) is 56.3 Å². The van der Waals surface area contributed by atoms with Crippen LogP contribution in [-0.4, -0.2) is 27.4 Å². The maximum Gasteiger partial charge on any atom is 0.200 e. The summed E-state index contributed by atoms with van der Waals surface area (Å²) in [5.41, 5.74) is -15.8. The quantitative estimate of drug-likeness (QED) is 0.101. The zero-order valence-corrected chi connectivity index (χ0v) is 32.2. The molecule has 0 amide bonds. The molecule has 2 aromatic heterocycles. The van der Waals surface area contributed by atoms with Gasteiger partial charge in [-0.3, -0.25) is 4.99 Å². The van der Waals surface area contributed by atoms with Crippen molar-refractivity contribution >= 4 is 28.1 Å². The van der Waals surface area contributed by atoms with Gasteiger partial charge in [-0.15, -0.1) is 0 Å². The van der Waals surface area contributed by atoms with E-state index in [-0.39, 0.29) is 0 Å². The van der Waals surface area contributed by atoms with Gasteiger partial charge >= 0.3 is 0 Å². The number of aromatic nitrogens is 2. The average Bonchev–Trinajstić information content (AvgIpc) is 4.18. The number of H-pyrrole nitrogens is 2. The molecule has 0 aliphatic carbocycles. The number of fused-ring (bicyclic) bond motifs is 6. The monoisotopic (exact) mass is 976 g/mol. The number of hydrogen-bond acceptors (Lipinski definition) is 2. The fourth-order valence-corrected chi connectivity index (χ4v) is 7.92. The van der Waals surface area contributed by atoms with Gasteiger partial charge in [0.15, 0.2) is 93.1 Å². The fourth-order valence-electron chi connectivity index (χ4n) is 7.92. The Morgan fingerprint density at radius 3 is 1.18 bits per heavy atom. The van der Waals surface area contributed by atoms with Gasteiger partial charge in [0.1, 0.15) is 0 Å². The van der Waals surface area contributed by atoms with Gasteiger partial charge in [-0.1, -0.05) is 6.08 Å². The summed E-state index contributed by atoms with van der Waals surface area (Å²) in [4.78, 5) is 12.5. The number of allylic oxidation sites excluding steroid dienone is 3. The highest BCUT2D eigenvalue weighted by Crippen LogP contribution is 2.43. The fraction of sp³-hybridized carbons (Fsp3) is 0.0455. The van der Waals surface area contributed by atoms with Gasteiger partial charge in [-0.2, -0.15) is 0 Å². The number of rotatable bonds is 4. The summed E-state index contributed by atoms with van der Waals surface area (Å²) < 4.78 is 303. The Morgan fingerprint density at radius 2 is 0.735 bits per heavy atom. The summed E-state index contributed by atoms with van der Waals surface area (Å²) in [6.07, 6.45) is 2.60. The Balaban J connectivity index is 1.51. The summed E-state index contributed by atoms with van der Waals surface area (Å²) in [6.45, 7) is 0. The summed E-state index contributed by atoms with van der Waals surface area (Å²) in [5, 5.41) is -1.85. The van der Waals surface area contributed by atoms with Gasteiger partial charge in [-0.05, 0) is 42.5 Å². The van der Waals surface area contributed by atoms with E-state index < -0.39 is 206 Å². The second-order valence-corrected chi connectivity index (χ2v) is 14.6. The van der Waals surface area contributed by atoms with Crippen LogP contribution in [0.1, 0.15) is 39.6 Å². The van der Waals surface area contributed by atoms with Crippen LogP contribution in [0, 0.1) is 116 Å². The number of hydrogen-bond donors (Lipinski definition) is 2. The first-order valence-electron chi connectivity index (χ1n) is 18.6. The average molecular weight is 977 g/mol. The highest BCUT2D eigenvalue weighted by atomic mass is 19.2. The zero-order valence-electron chi connectivity index (χ0n) is 32.2. The number of aliphatic imine (C=N–C) groups is 2. The van der Waals surface area contributed by atoms with Gasteiger partial charge in [0.2, 0.25) is 23.3 Å². The van der Waals surface area contributed by atoms with E-state index in [0.717, 1.165) is 6.08 Å². The Kier molecular flexibility index (Phi) is 10.7. The van der Waals surface area contributed by atoms with Crippen molar-refractivity contribution in [2.24, 2.45) is 9.98 Å². The minimum Gasteiger partial charge on any atom is -0.358 e. The lowest BCUT2D eigenvalue weighted by Crippen LogP contribution is -2.24. The van der Waals surface area contributed by atoms with E-state index in [9.17, 15) is 52.7 Å². The number of halogens is 20. The van der Waals surface area contributed by atoms with E-state index in [4.69, 9.17) is 0 Å². The number of nitrogens with one attached hydrogen (secondary N) is 2. The summed E-state index contributed by atoms with van der Waals surface area (Å²) >= 11 is 0. The van der Waals surface area contributed by atoms with Crippen LogP contribution >= 0.6 is 0 Å². The maximum absolute atomic E-state index is 15.8. The van der Waals surface area contributed by atoms with Gasteiger partial charge in [-0.25, -0.2) is 92.8 Å². The standard InChI is InChI=1S/C44H12F20N4/c45-25-21(26(46)34(54)41(61)33(25)53)17-9-1-2-10(65-9)18(22-27(47)35(55)42(62)36(56)28(22)48)12-5-6-14(67-12)20(24-31(51)39(59)44(64)40(60)32(24)52)16-8-7-15(68-16)19(13-4-3-11(17)66-13)23-29(49)37(57)43(63)38(58)30(23)50/h1-9,17,66-67H/b18-12+,19-15+,20-14+. The largest absolute Gasteiger partial charge is 0.358 e. The van der Waals surface area contributed by atoms with E-state index in [1.54, 1.807) is 0 Å². The maximum atomic E-state index is 15.8. The van der Waals surface area contributed by atoms with Crippen LogP contribution in [0.2, 0.25) is 0 Å². The van der Waals surface area contributed by atoms with E-state index >= 15 is 35.1 Å². The molecule has 9 rings (SSSR count). The lowest BCUT2D eigenvalue weighted by atomic mass is 9.88. The molecular weight excluding hydrogens is 964 g/mol. The minimum absolute atomic E-state index is 0.609. The molecule has 5 heterocycles. The second kappa shape index (κ2) is 16.0. The molecule has 348 valence electrons. The molecule has 0 saturated heterocycles. The van der Waals surface area contributed by atoms with Crippen molar-refractivity contribution in [3.8, 4) is 0 Å². The third kappa shape index (κ3) is 6.46. The predicted molar refractivity (Wildman–Crippen MR) is 196 cm³/mol. The van der Waals surface area contributed by atoms with Crippen molar-refractivity contribution in [3.05, 3.63) is 215 Å². The van der Waals surface area contributed by atoms with Crippen LogP contribution in [0.25, 0.3) is 16.7 Å². The van der Waals surface area contributed by atoms with Gasteiger partial charge in [0, 0.05) is 44.4 Å². The molecule has 2 atom stereocenters. The van der Waals surface area contributed by atoms with Crippen molar-refractivity contribution in [1.82, 2.24) is 9.97 Å². The second-order valence-electron chi connectivity index (χ2n) is 14.6.